The predicted molar refractivity (Wildman–Crippen MR) is 77.7 cm³/mol. The van der Waals surface area contributed by atoms with Crippen LogP contribution in [0, 0.1) is 12.8 Å². The van der Waals surface area contributed by atoms with E-state index < -0.39 is 0 Å². The maximum absolute atomic E-state index is 9.39. The van der Waals surface area contributed by atoms with Gasteiger partial charge in [0, 0.05) is 6.61 Å². The number of aliphatic hydroxyl groups excluding tert-OH is 1. The molecule has 0 radical (unpaired) electrons. The van der Waals surface area contributed by atoms with Crippen molar-refractivity contribution in [3.63, 3.8) is 0 Å². The van der Waals surface area contributed by atoms with E-state index in [-0.39, 0.29) is 0 Å². The molecule has 0 aliphatic carbocycles. The first-order valence-corrected chi connectivity index (χ1v) is 7.66. The number of thioether (sulfide) groups is 1. The van der Waals surface area contributed by atoms with Crippen molar-refractivity contribution in [2.24, 2.45) is 5.92 Å². The Morgan fingerprint density at radius 1 is 1.24 bits per heavy atom. The van der Waals surface area contributed by atoms with E-state index in [1.165, 1.54) is 29.1 Å². The van der Waals surface area contributed by atoms with E-state index in [9.17, 15) is 5.11 Å². The molecule has 0 spiro atoms. The molecule has 0 amide bonds. The average Bonchev–Trinajstić information content (AvgIpc) is 2.35. The number of aliphatic hydroxyl groups is 1. The summed E-state index contributed by atoms with van der Waals surface area (Å²) >= 11 is 1.99. The van der Waals surface area contributed by atoms with Crippen LogP contribution < -0.4 is 0 Å². The van der Waals surface area contributed by atoms with Crippen molar-refractivity contribution in [1.82, 2.24) is 0 Å². The number of hydrogen-bond donors (Lipinski definition) is 1. The van der Waals surface area contributed by atoms with Crippen LogP contribution in [0.25, 0.3) is 0 Å². The third-order valence-electron chi connectivity index (χ3n) is 3.01. The SMILES string of the molecule is CCSCCCC(CO)Cc1ccc(C)cc1. The van der Waals surface area contributed by atoms with Gasteiger partial charge < -0.3 is 5.11 Å². The minimum absolute atomic E-state index is 0.310. The Balaban J connectivity index is 2.33. The zero-order chi connectivity index (χ0) is 12.5. The molecule has 1 atom stereocenters. The van der Waals surface area contributed by atoms with Crippen molar-refractivity contribution in [3.8, 4) is 0 Å². The molecule has 0 saturated heterocycles. The van der Waals surface area contributed by atoms with Crippen molar-refractivity contribution in [3.05, 3.63) is 35.4 Å². The fourth-order valence-corrected chi connectivity index (χ4v) is 2.59. The molecule has 96 valence electrons. The van der Waals surface area contributed by atoms with Crippen LogP contribution in [0.5, 0.6) is 0 Å². The Labute approximate surface area is 110 Å². The topological polar surface area (TPSA) is 20.2 Å². The van der Waals surface area contributed by atoms with E-state index in [0.29, 0.717) is 12.5 Å². The largest absolute Gasteiger partial charge is 0.396 e. The summed E-state index contributed by atoms with van der Waals surface area (Å²) in [5.41, 5.74) is 2.64. The van der Waals surface area contributed by atoms with Gasteiger partial charge in [-0.3, -0.25) is 0 Å². The molecule has 1 aromatic carbocycles. The van der Waals surface area contributed by atoms with Gasteiger partial charge in [-0.05, 0) is 49.2 Å². The van der Waals surface area contributed by atoms with Crippen LogP contribution >= 0.6 is 11.8 Å². The van der Waals surface area contributed by atoms with Gasteiger partial charge in [-0.15, -0.1) is 0 Å². The summed E-state index contributed by atoms with van der Waals surface area (Å²) in [7, 11) is 0. The van der Waals surface area contributed by atoms with Crippen LogP contribution in [0.3, 0.4) is 0 Å². The maximum atomic E-state index is 9.39. The second kappa shape index (κ2) is 8.60. The Bertz CT molecular complexity index is 294. The van der Waals surface area contributed by atoms with Gasteiger partial charge in [0.15, 0.2) is 0 Å². The molecular weight excluding hydrogens is 228 g/mol. The lowest BCUT2D eigenvalue weighted by Gasteiger charge is -2.14. The van der Waals surface area contributed by atoms with Gasteiger partial charge in [-0.25, -0.2) is 0 Å². The van der Waals surface area contributed by atoms with Gasteiger partial charge >= 0.3 is 0 Å². The van der Waals surface area contributed by atoms with Crippen molar-refractivity contribution in [1.29, 1.82) is 0 Å². The summed E-state index contributed by atoms with van der Waals surface area (Å²) < 4.78 is 0. The fourth-order valence-electron chi connectivity index (χ4n) is 1.93. The minimum Gasteiger partial charge on any atom is -0.396 e. The first-order valence-electron chi connectivity index (χ1n) is 6.50. The Kier molecular flexibility index (Phi) is 7.38. The summed E-state index contributed by atoms with van der Waals surface area (Å²) in [6.45, 7) is 4.61. The molecule has 0 aromatic heterocycles. The summed E-state index contributed by atoms with van der Waals surface area (Å²) in [6, 6.07) is 8.66. The van der Waals surface area contributed by atoms with Crippen LogP contribution in [-0.4, -0.2) is 23.2 Å². The lowest BCUT2D eigenvalue weighted by Crippen LogP contribution is -2.10. The fraction of sp³-hybridized carbons (Fsp3) is 0.600. The highest BCUT2D eigenvalue weighted by Crippen LogP contribution is 2.16. The molecule has 0 heterocycles. The molecule has 1 unspecified atom stereocenters. The van der Waals surface area contributed by atoms with Crippen molar-refractivity contribution >= 4 is 11.8 Å². The molecule has 17 heavy (non-hydrogen) atoms. The predicted octanol–water partition coefficient (Wildman–Crippen LogP) is 3.68. The van der Waals surface area contributed by atoms with E-state index >= 15 is 0 Å². The van der Waals surface area contributed by atoms with Crippen molar-refractivity contribution < 1.29 is 5.11 Å². The van der Waals surface area contributed by atoms with Crippen LogP contribution in [0.4, 0.5) is 0 Å². The zero-order valence-electron chi connectivity index (χ0n) is 11.0. The van der Waals surface area contributed by atoms with Gasteiger partial charge in [0.1, 0.15) is 0 Å². The Hall–Kier alpha value is -0.470. The van der Waals surface area contributed by atoms with Gasteiger partial charge in [0.05, 0.1) is 0 Å². The lowest BCUT2D eigenvalue weighted by molar-refractivity contribution is 0.217. The standard InChI is InChI=1S/C15H24OS/c1-3-17-10-4-5-15(12-16)11-14-8-6-13(2)7-9-14/h6-9,15-16H,3-5,10-12H2,1-2H3. The van der Waals surface area contributed by atoms with Crippen LogP contribution in [0.2, 0.25) is 0 Å². The molecule has 0 aliphatic rings. The average molecular weight is 252 g/mol. The first kappa shape index (κ1) is 14.6. The maximum Gasteiger partial charge on any atom is 0.0462 e. The molecule has 0 bridgehead atoms. The highest BCUT2D eigenvalue weighted by atomic mass is 32.2. The summed E-state index contributed by atoms with van der Waals surface area (Å²) in [6.07, 6.45) is 3.36. The highest BCUT2D eigenvalue weighted by Gasteiger charge is 2.08. The second-order valence-corrected chi connectivity index (χ2v) is 5.97. The molecule has 0 aliphatic heterocycles. The van der Waals surface area contributed by atoms with E-state index in [1.54, 1.807) is 0 Å². The van der Waals surface area contributed by atoms with Crippen LogP contribution in [0.15, 0.2) is 24.3 Å². The molecule has 1 N–H and O–H groups in total. The summed E-state index contributed by atoms with van der Waals surface area (Å²) in [5, 5.41) is 9.39. The summed E-state index contributed by atoms with van der Waals surface area (Å²) in [4.78, 5) is 0. The monoisotopic (exact) mass is 252 g/mol. The van der Waals surface area contributed by atoms with E-state index in [0.717, 1.165) is 12.8 Å². The zero-order valence-corrected chi connectivity index (χ0v) is 11.8. The molecular formula is C15H24OS. The first-order chi connectivity index (χ1) is 8.26. The van der Waals surface area contributed by atoms with E-state index in [2.05, 4.69) is 38.1 Å². The molecule has 2 heteroatoms. The normalized spacial score (nSPS) is 12.6. The van der Waals surface area contributed by atoms with Crippen molar-refractivity contribution in [2.75, 3.05) is 18.1 Å². The number of benzene rings is 1. The van der Waals surface area contributed by atoms with Crippen LogP contribution in [0.1, 0.15) is 30.9 Å². The third-order valence-corrected chi connectivity index (χ3v) is 3.99. The lowest BCUT2D eigenvalue weighted by atomic mass is 9.95. The molecule has 1 nitrogen and oxygen atoms in total. The smallest absolute Gasteiger partial charge is 0.0462 e. The van der Waals surface area contributed by atoms with Crippen LogP contribution in [-0.2, 0) is 6.42 Å². The minimum atomic E-state index is 0.310. The third kappa shape index (κ3) is 6.13. The number of rotatable bonds is 8. The van der Waals surface area contributed by atoms with Gasteiger partial charge in [0.25, 0.3) is 0 Å². The quantitative estimate of drug-likeness (QED) is 0.712. The summed E-state index contributed by atoms with van der Waals surface area (Å²) in [5.74, 6) is 2.85. The van der Waals surface area contributed by atoms with Gasteiger partial charge in [0.2, 0.25) is 0 Å². The van der Waals surface area contributed by atoms with Gasteiger partial charge in [-0.2, -0.15) is 11.8 Å². The van der Waals surface area contributed by atoms with Crippen molar-refractivity contribution in [2.45, 2.75) is 33.1 Å². The van der Waals surface area contributed by atoms with E-state index in [1.807, 2.05) is 11.8 Å². The molecule has 0 saturated carbocycles. The van der Waals surface area contributed by atoms with Gasteiger partial charge in [-0.1, -0.05) is 36.8 Å². The molecule has 1 rings (SSSR count). The number of aryl methyl sites for hydroxylation is 1. The molecule has 0 fully saturated rings. The Morgan fingerprint density at radius 3 is 2.53 bits per heavy atom. The Morgan fingerprint density at radius 2 is 1.94 bits per heavy atom. The number of hydrogen-bond acceptors (Lipinski definition) is 2. The second-order valence-electron chi connectivity index (χ2n) is 4.58. The molecule has 1 aromatic rings. The highest BCUT2D eigenvalue weighted by molar-refractivity contribution is 7.99. The van der Waals surface area contributed by atoms with E-state index in [4.69, 9.17) is 0 Å².